The Labute approximate surface area is 135 Å². The van der Waals surface area contributed by atoms with Gasteiger partial charge in [0.15, 0.2) is 23.3 Å². The molecule has 0 amide bonds. The lowest BCUT2D eigenvalue weighted by Gasteiger charge is -2.08. The van der Waals surface area contributed by atoms with Gasteiger partial charge < -0.3 is 9.84 Å². The normalized spacial score (nSPS) is 12.8. The van der Waals surface area contributed by atoms with Crippen molar-refractivity contribution >= 4 is 24.2 Å². The van der Waals surface area contributed by atoms with E-state index in [2.05, 4.69) is 14.9 Å². The van der Waals surface area contributed by atoms with Gasteiger partial charge in [0.05, 0.1) is 18.4 Å². The monoisotopic (exact) mass is 346 g/mol. The van der Waals surface area contributed by atoms with E-state index in [1.807, 2.05) is 0 Å². The molecule has 5 nitrogen and oxygen atoms in total. The van der Waals surface area contributed by atoms with Crippen LogP contribution in [0.4, 0.5) is 17.6 Å². The fourth-order valence-electron chi connectivity index (χ4n) is 1.53. The van der Waals surface area contributed by atoms with Crippen LogP contribution in [0.1, 0.15) is 25.8 Å². The maximum absolute atomic E-state index is 13.7. The number of halogens is 4. The van der Waals surface area contributed by atoms with E-state index in [-0.39, 0.29) is 12.7 Å². The van der Waals surface area contributed by atoms with Crippen molar-refractivity contribution in [2.24, 2.45) is 10.2 Å². The molecule has 0 aromatic heterocycles. The van der Waals surface area contributed by atoms with Gasteiger partial charge >= 0.3 is 5.97 Å². The van der Waals surface area contributed by atoms with Crippen molar-refractivity contribution in [1.82, 2.24) is 0 Å². The Morgan fingerprint density at radius 3 is 2.42 bits per heavy atom. The standard InChI is InChI=1S/C15H14F4N2O3/c1-3-5-20-21-7-9(15(23)24-4-2)14(22)8-6-10(16)12(18)13(19)11(8)17/h5-7,22H,3-4H2,1-2H3/b14-9-,20-5+,21-7+. The molecule has 1 rings (SSSR count). The Bertz CT molecular complexity index is 715. The summed E-state index contributed by atoms with van der Waals surface area (Å²) in [4.78, 5) is 11.8. The molecule has 0 saturated carbocycles. The van der Waals surface area contributed by atoms with Crippen LogP contribution in [-0.2, 0) is 9.53 Å². The molecular weight excluding hydrogens is 332 g/mol. The first-order valence-electron chi connectivity index (χ1n) is 6.83. The van der Waals surface area contributed by atoms with E-state index in [4.69, 9.17) is 0 Å². The maximum Gasteiger partial charge on any atom is 0.343 e. The molecule has 9 heteroatoms. The molecule has 24 heavy (non-hydrogen) atoms. The van der Waals surface area contributed by atoms with E-state index in [0.717, 1.165) is 6.21 Å². The molecule has 0 fully saturated rings. The number of esters is 1. The highest BCUT2D eigenvalue weighted by Crippen LogP contribution is 2.25. The third-order valence-electron chi connectivity index (χ3n) is 2.63. The van der Waals surface area contributed by atoms with Crippen LogP contribution in [0, 0.1) is 23.3 Å². The molecule has 0 saturated heterocycles. The molecule has 0 spiro atoms. The minimum atomic E-state index is -2.12. The van der Waals surface area contributed by atoms with Crippen LogP contribution in [0.2, 0.25) is 0 Å². The molecule has 0 bridgehead atoms. The average Bonchev–Trinajstić information content (AvgIpc) is 2.56. The van der Waals surface area contributed by atoms with E-state index in [0.29, 0.717) is 6.42 Å². The lowest BCUT2D eigenvalue weighted by atomic mass is 10.1. The minimum absolute atomic E-state index is 0.0870. The third-order valence-corrected chi connectivity index (χ3v) is 2.63. The first-order chi connectivity index (χ1) is 11.3. The Morgan fingerprint density at radius 2 is 1.83 bits per heavy atom. The molecular formula is C15H14F4N2O3. The smallest absolute Gasteiger partial charge is 0.343 e. The fraction of sp³-hybridized carbons (Fsp3) is 0.267. The zero-order valence-corrected chi connectivity index (χ0v) is 12.8. The van der Waals surface area contributed by atoms with E-state index in [1.165, 1.54) is 13.1 Å². The van der Waals surface area contributed by atoms with Gasteiger partial charge in [0.1, 0.15) is 11.3 Å². The zero-order valence-electron chi connectivity index (χ0n) is 12.8. The van der Waals surface area contributed by atoms with E-state index in [9.17, 15) is 27.5 Å². The van der Waals surface area contributed by atoms with Crippen molar-refractivity contribution in [3.8, 4) is 0 Å². The first-order valence-corrected chi connectivity index (χ1v) is 6.83. The molecule has 130 valence electrons. The van der Waals surface area contributed by atoms with Crippen molar-refractivity contribution in [3.05, 3.63) is 40.5 Å². The van der Waals surface area contributed by atoms with Gasteiger partial charge in [0.25, 0.3) is 0 Å². The average molecular weight is 346 g/mol. The molecule has 0 atom stereocenters. The molecule has 0 radical (unpaired) electrons. The summed E-state index contributed by atoms with van der Waals surface area (Å²) in [5, 5.41) is 16.9. The Hall–Kier alpha value is -2.71. The predicted molar refractivity (Wildman–Crippen MR) is 79.7 cm³/mol. The number of hydrogen-bond donors (Lipinski definition) is 1. The lowest BCUT2D eigenvalue weighted by molar-refractivity contribution is -0.137. The van der Waals surface area contributed by atoms with Crippen molar-refractivity contribution in [1.29, 1.82) is 0 Å². The summed E-state index contributed by atoms with van der Waals surface area (Å²) in [5.74, 6) is -10.1. The number of hydrogen-bond acceptors (Lipinski definition) is 5. The van der Waals surface area contributed by atoms with Gasteiger partial charge in [-0.1, -0.05) is 6.92 Å². The van der Waals surface area contributed by atoms with Crippen LogP contribution in [0.25, 0.3) is 5.76 Å². The summed E-state index contributed by atoms with van der Waals surface area (Å²) in [6.07, 6.45) is 2.64. The summed E-state index contributed by atoms with van der Waals surface area (Å²) >= 11 is 0. The van der Waals surface area contributed by atoms with E-state index < -0.39 is 46.1 Å². The largest absolute Gasteiger partial charge is 0.506 e. The van der Waals surface area contributed by atoms with Crippen molar-refractivity contribution in [3.63, 3.8) is 0 Å². The first kappa shape index (κ1) is 19.3. The lowest BCUT2D eigenvalue weighted by Crippen LogP contribution is -2.12. The van der Waals surface area contributed by atoms with Gasteiger partial charge in [-0.3, -0.25) is 0 Å². The summed E-state index contributed by atoms with van der Waals surface area (Å²) in [6.45, 7) is 3.14. The van der Waals surface area contributed by atoms with Crippen LogP contribution >= 0.6 is 0 Å². The van der Waals surface area contributed by atoms with Gasteiger partial charge in [-0.05, 0) is 19.4 Å². The van der Waals surface area contributed by atoms with E-state index in [1.54, 1.807) is 6.92 Å². The quantitative estimate of drug-likeness (QED) is 0.125. The topological polar surface area (TPSA) is 71.2 Å². The van der Waals surface area contributed by atoms with Crippen LogP contribution in [0.3, 0.4) is 0 Å². The van der Waals surface area contributed by atoms with Gasteiger partial charge in [-0.15, -0.1) is 0 Å². The third kappa shape index (κ3) is 4.40. The summed E-state index contributed by atoms with van der Waals surface area (Å²) in [7, 11) is 0. The number of aliphatic hydroxyl groups is 1. The second-order valence-electron chi connectivity index (χ2n) is 4.28. The highest BCUT2D eigenvalue weighted by molar-refractivity contribution is 6.15. The van der Waals surface area contributed by atoms with Gasteiger partial charge in [0.2, 0.25) is 0 Å². The van der Waals surface area contributed by atoms with Crippen LogP contribution in [-0.4, -0.2) is 30.1 Å². The second kappa shape index (κ2) is 8.80. The van der Waals surface area contributed by atoms with Crippen molar-refractivity contribution < 1.29 is 32.2 Å². The number of ether oxygens (including phenoxy) is 1. The van der Waals surface area contributed by atoms with Gasteiger partial charge in [0, 0.05) is 6.21 Å². The predicted octanol–water partition coefficient (Wildman–Crippen LogP) is 3.54. The number of aliphatic hydroxyl groups excluding tert-OH is 1. The molecule has 1 aromatic carbocycles. The van der Waals surface area contributed by atoms with Gasteiger partial charge in [-0.2, -0.15) is 10.2 Å². The summed E-state index contributed by atoms with van der Waals surface area (Å²) < 4.78 is 57.9. The highest BCUT2D eigenvalue weighted by Gasteiger charge is 2.25. The zero-order chi connectivity index (χ0) is 18.3. The van der Waals surface area contributed by atoms with E-state index >= 15 is 0 Å². The SMILES string of the molecule is CC/C=N/N=C/C(C(=O)OCC)=C(/O)c1cc(F)c(F)c(F)c1F. The molecule has 0 aliphatic rings. The fourth-order valence-corrected chi connectivity index (χ4v) is 1.53. The molecule has 0 aliphatic heterocycles. The van der Waals surface area contributed by atoms with Crippen LogP contribution in [0.15, 0.2) is 21.8 Å². The molecule has 1 N–H and O–H groups in total. The van der Waals surface area contributed by atoms with Crippen molar-refractivity contribution in [2.75, 3.05) is 6.61 Å². The van der Waals surface area contributed by atoms with Crippen LogP contribution in [0.5, 0.6) is 0 Å². The number of benzene rings is 1. The second-order valence-corrected chi connectivity index (χ2v) is 4.28. The molecule has 0 heterocycles. The Balaban J connectivity index is 3.49. The number of carbonyl (C=O) groups is 1. The number of rotatable bonds is 6. The Morgan fingerprint density at radius 1 is 1.17 bits per heavy atom. The molecule has 1 aromatic rings. The maximum atomic E-state index is 13.7. The minimum Gasteiger partial charge on any atom is -0.506 e. The van der Waals surface area contributed by atoms with Crippen molar-refractivity contribution in [2.45, 2.75) is 20.3 Å². The Kier molecular flexibility index (Phi) is 7.09. The van der Waals surface area contributed by atoms with Gasteiger partial charge in [-0.25, -0.2) is 22.4 Å². The number of nitrogens with zero attached hydrogens (tertiary/aromatic N) is 2. The number of carbonyl (C=O) groups excluding carboxylic acids is 1. The molecule has 0 aliphatic carbocycles. The summed E-state index contributed by atoms with van der Waals surface area (Å²) in [5.41, 5.74) is -1.75. The molecule has 0 unspecified atom stereocenters. The highest BCUT2D eigenvalue weighted by atomic mass is 19.2. The van der Waals surface area contributed by atoms with Crippen LogP contribution < -0.4 is 0 Å². The summed E-state index contributed by atoms with van der Waals surface area (Å²) in [6, 6.07) is 0.214.